The van der Waals surface area contributed by atoms with Crippen LogP contribution in [0.15, 0.2) is 42.5 Å². The summed E-state index contributed by atoms with van der Waals surface area (Å²) < 4.78 is 0. The molecule has 3 N–H and O–H groups in total. The number of rotatable bonds is 3. The summed E-state index contributed by atoms with van der Waals surface area (Å²) in [6, 6.07) is 12.9. The molecule has 0 spiro atoms. The third kappa shape index (κ3) is 3.21. The van der Waals surface area contributed by atoms with E-state index in [9.17, 15) is 9.90 Å². The van der Waals surface area contributed by atoms with Crippen LogP contribution in [-0.4, -0.2) is 31.3 Å². The average Bonchev–Trinajstić information content (AvgIpc) is 2.83. The molecule has 2 atom stereocenters. The first-order valence-corrected chi connectivity index (χ1v) is 8.07. The maximum atomic E-state index is 12.3. The molecule has 0 unspecified atom stereocenters. The Morgan fingerprint density at radius 3 is 2.67 bits per heavy atom. The van der Waals surface area contributed by atoms with E-state index in [0.717, 1.165) is 28.1 Å². The molecule has 1 aliphatic rings. The van der Waals surface area contributed by atoms with Gasteiger partial charge in [0.05, 0.1) is 12.1 Å². The van der Waals surface area contributed by atoms with E-state index in [0.29, 0.717) is 6.42 Å². The van der Waals surface area contributed by atoms with E-state index in [4.69, 9.17) is 0 Å². The Kier molecular flexibility index (Phi) is 4.44. The minimum absolute atomic E-state index is 0.312. The van der Waals surface area contributed by atoms with Crippen LogP contribution in [0.4, 0.5) is 16.2 Å². The monoisotopic (exact) mass is 325 g/mol. The number of nitrogens with one attached hydrogen (secondary N) is 2. The number of urea groups is 1. The summed E-state index contributed by atoms with van der Waals surface area (Å²) in [6.07, 6.45) is -0.0244. The highest BCUT2D eigenvalue weighted by Gasteiger charge is 2.31. The molecule has 0 bridgehead atoms. The van der Waals surface area contributed by atoms with E-state index in [-0.39, 0.29) is 12.1 Å². The van der Waals surface area contributed by atoms with E-state index < -0.39 is 6.10 Å². The number of anilines is 2. The number of carbonyl (C=O) groups excluding carboxylic acids is 1. The van der Waals surface area contributed by atoms with E-state index in [1.165, 1.54) is 0 Å². The Bertz CT molecular complexity index is 758. The minimum Gasteiger partial charge on any atom is -0.390 e. The van der Waals surface area contributed by atoms with Gasteiger partial charge in [-0.3, -0.25) is 0 Å². The summed E-state index contributed by atoms with van der Waals surface area (Å²) in [5.41, 5.74) is 5.00. The number of amides is 2. The third-order valence-electron chi connectivity index (χ3n) is 4.43. The number of aliphatic hydroxyl groups excluding tert-OH is 1. The lowest BCUT2D eigenvalue weighted by atomic mass is 10.1. The second-order valence-corrected chi connectivity index (χ2v) is 6.44. The van der Waals surface area contributed by atoms with Crippen LogP contribution in [-0.2, 0) is 6.42 Å². The Balaban J connectivity index is 1.69. The predicted molar refractivity (Wildman–Crippen MR) is 96.6 cm³/mol. The lowest BCUT2D eigenvalue weighted by Gasteiger charge is -2.19. The van der Waals surface area contributed by atoms with Crippen molar-refractivity contribution in [3.8, 4) is 0 Å². The molecule has 0 radical (unpaired) electrons. The van der Waals surface area contributed by atoms with Crippen molar-refractivity contribution in [3.05, 3.63) is 59.2 Å². The van der Waals surface area contributed by atoms with Crippen molar-refractivity contribution in [2.24, 2.45) is 0 Å². The number of benzene rings is 2. The van der Waals surface area contributed by atoms with Gasteiger partial charge in [-0.05, 0) is 41.8 Å². The standard InChI is InChI=1S/C19H23N3O2/c1-12-10-14(8-9-16(12)22(2)3)20-19(24)21-18-15-7-5-4-6-13(15)11-17(18)23/h4-10,17-18,23H,11H2,1-3H3,(H2,20,21,24)/t17-,18+/m0/s1. The van der Waals surface area contributed by atoms with Gasteiger partial charge >= 0.3 is 6.03 Å². The van der Waals surface area contributed by atoms with Crippen molar-refractivity contribution in [3.63, 3.8) is 0 Å². The van der Waals surface area contributed by atoms with E-state index >= 15 is 0 Å². The van der Waals surface area contributed by atoms with Gasteiger partial charge in [-0.25, -0.2) is 4.79 Å². The van der Waals surface area contributed by atoms with Crippen molar-refractivity contribution in [2.45, 2.75) is 25.5 Å². The zero-order chi connectivity index (χ0) is 17.3. The van der Waals surface area contributed by atoms with Crippen molar-refractivity contribution < 1.29 is 9.90 Å². The normalized spacial score (nSPS) is 18.8. The number of carbonyl (C=O) groups is 1. The smallest absolute Gasteiger partial charge is 0.319 e. The highest BCUT2D eigenvalue weighted by Crippen LogP contribution is 2.31. The van der Waals surface area contributed by atoms with E-state index in [2.05, 4.69) is 10.6 Å². The number of hydrogen-bond donors (Lipinski definition) is 3. The van der Waals surface area contributed by atoms with Gasteiger partial charge < -0.3 is 20.6 Å². The molecule has 5 nitrogen and oxygen atoms in total. The fourth-order valence-corrected chi connectivity index (χ4v) is 3.29. The molecule has 2 amide bonds. The molecule has 2 aromatic rings. The first-order valence-electron chi connectivity index (χ1n) is 8.07. The Morgan fingerprint density at radius 1 is 1.21 bits per heavy atom. The molecule has 3 rings (SSSR count). The zero-order valence-electron chi connectivity index (χ0n) is 14.2. The summed E-state index contributed by atoms with van der Waals surface area (Å²) in [7, 11) is 3.97. The van der Waals surface area contributed by atoms with Gasteiger partial charge in [-0.2, -0.15) is 0 Å². The Morgan fingerprint density at radius 2 is 1.96 bits per heavy atom. The van der Waals surface area contributed by atoms with Gasteiger partial charge in [0.2, 0.25) is 0 Å². The molecule has 0 aromatic heterocycles. The van der Waals surface area contributed by atoms with Gasteiger partial charge in [-0.1, -0.05) is 24.3 Å². The fraction of sp³-hybridized carbons (Fsp3) is 0.316. The van der Waals surface area contributed by atoms with Crippen LogP contribution in [0.1, 0.15) is 22.7 Å². The Hall–Kier alpha value is -2.53. The SMILES string of the molecule is Cc1cc(NC(=O)N[C@@H]2c3ccccc3C[C@@H]2O)ccc1N(C)C. The molecule has 0 heterocycles. The lowest BCUT2D eigenvalue weighted by Crippen LogP contribution is -2.36. The first kappa shape index (κ1) is 16.3. The van der Waals surface area contributed by atoms with E-state index in [1.54, 1.807) is 0 Å². The molecule has 0 aliphatic heterocycles. The highest BCUT2D eigenvalue weighted by atomic mass is 16.3. The minimum atomic E-state index is -0.592. The number of fused-ring (bicyclic) bond motifs is 1. The lowest BCUT2D eigenvalue weighted by molar-refractivity contribution is 0.144. The van der Waals surface area contributed by atoms with Crippen molar-refractivity contribution in [1.29, 1.82) is 0 Å². The average molecular weight is 325 g/mol. The number of aliphatic hydroxyl groups is 1. The summed E-state index contributed by atoms with van der Waals surface area (Å²) in [5.74, 6) is 0. The van der Waals surface area contributed by atoms with Crippen LogP contribution in [0.3, 0.4) is 0 Å². The molecule has 126 valence electrons. The van der Waals surface area contributed by atoms with Crippen LogP contribution >= 0.6 is 0 Å². The van der Waals surface area contributed by atoms with E-state index in [1.807, 2.05) is 68.4 Å². The van der Waals surface area contributed by atoms with Crippen LogP contribution in [0, 0.1) is 6.92 Å². The predicted octanol–water partition coefficient (Wildman–Crippen LogP) is 2.84. The summed E-state index contributed by atoms with van der Waals surface area (Å²) in [4.78, 5) is 14.3. The molecule has 0 saturated heterocycles. The highest BCUT2D eigenvalue weighted by molar-refractivity contribution is 5.90. The molecule has 5 heteroatoms. The van der Waals surface area contributed by atoms with Gasteiger partial charge in [-0.15, -0.1) is 0 Å². The maximum Gasteiger partial charge on any atom is 0.319 e. The maximum absolute atomic E-state index is 12.3. The number of aryl methyl sites for hydroxylation is 1. The summed E-state index contributed by atoms with van der Waals surface area (Å²) in [6.45, 7) is 2.01. The molecule has 0 saturated carbocycles. The van der Waals surface area contributed by atoms with Crippen LogP contribution < -0.4 is 15.5 Å². The molecule has 0 fully saturated rings. The molecule has 24 heavy (non-hydrogen) atoms. The van der Waals surface area contributed by atoms with Crippen molar-refractivity contribution in [2.75, 3.05) is 24.3 Å². The fourth-order valence-electron chi connectivity index (χ4n) is 3.29. The quantitative estimate of drug-likeness (QED) is 0.813. The summed E-state index contributed by atoms with van der Waals surface area (Å²) in [5, 5.41) is 15.9. The number of hydrogen-bond acceptors (Lipinski definition) is 3. The van der Waals surface area contributed by atoms with Gasteiger partial charge in [0.1, 0.15) is 0 Å². The second kappa shape index (κ2) is 6.53. The summed E-state index contributed by atoms with van der Waals surface area (Å²) >= 11 is 0. The van der Waals surface area contributed by atoms with Gasteiger partial charge in [0, 0.05) is 31.9 Å². The molecular formula is C19H23N3O2. The largest absolute Gasteiger partial charge is 0.390 e. The molecular weight excluding hydrogens is 302 g/mol. The number of nitrogens with zero attached hydrogens (tertiary/aromatic N) is 1. The third-order valence-corrected chi connectivity index (χ3v) is 4.43. The Labute approximate surface area is 142 Å². The zero-order valence-corrected chi connectivity index (χ0v) is 14.2. The van der Waals surface area contributed by atoms with Crippen LogP contribution in [0.25, 0.3) is 0 Å². The topological polar surface area (TPSA) is 64.6 Å². The first-order chi connectivity index (χ1) is 11.5. The van der Waals surface area contributed by atoms with Crippen LogP contribution in [0.5, 0.6) is 0 Å². The van der Waals surface area contributed by atoms with Crippen LogP contribution in [0.2, 0.25) is 0 Å². The molecule has 2 aromatic carbocycles. The van der Waals surface area contributed by atoms with Gasteiger partial charge in [0.15, 0.2) is 0 Å². The van der Waals surface area contributed by atoms with Crippen molar-refractivity contribution >= 4 is 17.4 Å². The van der Waals surface area contributed by atoms with Crippen molar-refractivity contribution in [1.82, 2.24) is 5.32 Å². The van der Waals surface area contributed by atoms with Gasteiger partial charge in [0.25, 0.3) is 0 Å². The second-order valence-electron chi connectivity index (χ2n) is 6.44. The molecule has 1 aliphatic carbocycles.